The summed E-state index contributed by atoms with van der Waals surface area (Å²) in [6.07, 6.45) is -0.119. The number of para-hydroxylation sites is 1. The molecule has 1 saturated heterocycles. The third kappa shape index (κ3) is 3.75. The highest BCUT2D eigenvalue weighted by Gasteiger charge is 2.55. The number of morpholine rings is 1. The van der Waals surface area contributed by atoms with Crippen LogP contribution in [-0.4, -0.2) is 43.2 Å². The van der Waals surface area contributed by atoms with E-state index in [9.17, 15) is 0 Å². The smallest absolute Gasteiger partial charge is 0.138 e. The lowest BCUT2D eigenvalue weighted by Gasteiger charge is -2.47. The zero-order chi connectivity index (χ0) is 23.5. The van der Waals surface area contributed by atoms with Crippen molar-refractivity contribution in [1.82, 2.24) is 4.90 Å². The molecule has 0 saturated carbocycles. The van der Waals surface area contributed by atoms with E-state index >= 15 is 0 Å². The van der Waals surface area contributed by atoms with Crippen LogP contribution in [0.5, 0.6) is 0 Å². The third-order valence-corrected chi connectivity index (χ3v) is 7.05. The molecular formula is C31H29N3O. The quantitative estimate of drug-likeness (QED) is 0.391. The van der Waals surface area contributed by atoms with Crippen LogP contribution in [0.3, 0.4) is 0 Å². The molecule has 2 aliphatic heterocycles. The van der Waals surface area contributed by atoms with Crippen molar-refractivity contribution in [3.05, 3.63) is 138 Å². The largest absolute Gasteiger partial charge is 0.379 e. The van der Waals surface area contributed by atoms with Crippen molar-refractivity contribution in [3.63, 3.8) is 0 Å². The lowest BCUT2D eigenvalue weighted by Crippen LogP contribution is -2.59. The molecular weight excluding hydrogens is 430 g/mol. The van der Waals surface area contributed by atoms with Gasteiger partial charge in [0.05, 0.1) is 13.2 Å². The first-order valence-electron chi connectivity index (χ1n) is 12.3. The van der Waals surface area contributed by atoms with Gasteiger partial charge in [0.25, 0.3) is 0 Å². The molecule has 0 radical (unpaired) electrons. The SMILES string of the molecule is c1ccc(C2=NC(N3CCOCC3)C(c3ccccc3)(c3ccccc3)N2c2ccccc2)cc1. The minimum absolute atomic E-state index is 0.119. The van der Waals surface area contributed by atoms with E-state index in [1.807, 2.05) is 0 Å². The van der Waals surface area contributed by atoms with Crippen LogP contribution in [-0.2, 0) is 10.3 Å². The maximum Gasteiger partial charge on any atom is 0.138 e. The molecule has 0 amide bonds. The normalized spacial score (nSPS) is 19.9. The summed E-state index contributed by atoms with van der Waals surface area (Å²) in [5, 5.41) is 0. The summed E-state index contributed by atoms with van der Waals surface area (Å²) in [7, 11) is 0. The second-order valence-corrected chi connectivity index (χ2v) is 9.01. The Balaban J connectivity index is 1.68. The Morgan fingerprint density at radius 3 is 1.66 bits per heavy atom. The van der Waals surface area contributed by atoms with Gasteiger partial charge in [0.15, 0.2) is 0 Å². The molecule has 1 unspecified atom stereocenters. The highest BCUT2D eigenvalue weighted by atomic mass is 16.5. The Morgan fingerprint density at radius 1 is 0.629 bits per heavy atom. The number of ether oxygens (including phenoxy) is 1. The summed E-state index contributed by atoms with van der Waals surface area (Å²) in [6.45, 7) is 3.13. The van der Waals surface area contributed by atoms with Crippen LogP contribution >= 0.6 is 0 Å². The fourth-order valence-corrected chi connectivity index (χ4v) is 5.52. The number of amidine groups is 1. The van der Waals surface area contributed by atoms with Crippen LogP contribution in [0.4, 0.5) is 5.69 Å². The van der Waals surface area contributed by atoms with E-state index < -0.39 is 5.54 Å². The van der Waals surface area contributed by atoms with Gasteiger partial charge in [0, 0.05) is 24.3 Å². The summed E-state index contributed by atoms with van der Waals surface area (Å²) < 4.78 is 5.76. The Labute approximate surface area is 207 Å². The Kier molecular flexibility index (Phi) is 5.91. The van der Waals surface area contributed by atoms with Gasteiger partial charge in [-0.15, -0.1) is 0 Å². The minimum atomic E-state index is -0.549. The Hall–Kier alpha value is -3.73. The van der Waals surface area contributed by atoms with Gasteiger partial charge < -0.3 is 9.64 Å². The number of hydrogen-bond donors (Lipinski definition) is 0. The lowest BCUT2D eigenvalue weighted by molar-refractivity contribution is 0.00715. The van der Waals surface area contributed by atoms with Crippen molar-refractivity contribution >= 4 is 11.5 Å². The molecule has 1 atom stereocenters. The van der Waals surface area contributed by atoms with Crippen LogP contribution in [0.25, 0.3) is 0 Å². The van der Waals surface area contributed by atoms with Crippen molar-refractivity contribution in [2.24, 2.45) is 4.99 Å². The fourth-order valence-electron chi connectivity index (χ4n) is 5.52. The summed E-state index contributed by atoms with van der Waals surface area (Å²) in [5.74, 6) is 0.987. The summed E-state index contributed by atoms with van der Waals surface area (Å²) >= 11 is 0. The van der Waals surface area contributed by atoms with Gasteiger partial charge in [-0.3, -0.25) is 4.90 Å². The van der Waals surface area contributed by atoms with Gasteiger partial charge in [0.2, 0.25) is 0 Å². The lowest BCUT2D eigenvalue weighted by atomic mass is 9.78. The monoisotopic (exact) mass is 459 g/mol. The first-order valence-corrected chi connectivity index (χ1v) is 12.3. The van der Waals surface area contributed by atoms with Crippen LogP contribution in [0.2, 0.25) is 0 Å². The molecule has 2 aliphatic rings. The van der Waals surface area contributed by atoms with Crippen molar-refractivity contribution in [3.8, 4) is 0 Å². The van der Waals surface area contributed by atoms with E-state index in [2.05, 4.69) is 131 Å². The summed E-state index contributed by atoms with van der Waals surface area (Å²) in [5.41, 5.74) is 4.14. The minimum Gasteiger partial charge on any atom is -0.379 e. The molecule has 35 heavy (non-hydrogen) atoms. The number of benzene rings is 4. The van der Waals surface area contributed by atoms with Crippen molar-refractivity contribution < 1.29 is 4.74 Å². The topological polar surface area (TPSA) is 28.1 Å². The molecule has 0 aliphatic carbocycles. The van der Waals surface area contributed by atoms with E-state index in [0.717, 1.165) is 43.4 Å². The zero-order valence-corrected chi connectivity index (χ0v) is 19.7. The molecule has 0 bridgehead atoms. The third-order valence-electron chi connectivity index (χ3n) is 7.05. The van der Waals surface area contributed by atoms with Crippen LogP contribution < -0.4 is 4.90 Å². The number of anilines is 1. The Bertz CT molecular complexity index is 1230. The zero-order valence-electron chi connectivity index (χ0n) is 19.7. The second kappa shape index (κ2) is 9.49. The maximum absolute atomic E-state index is 5.76. The number of hydrogen-bond acceptors (Lipinski definition) is 4. The van der Waals surface area contributed by atoms with Crippen LogP contribution in [0.15, 0.2) is 126 Å². The average Bonchev–Trinajstić information content (AvgIpc) is 3.32. The van der Waals surface area contributed by atoms with Crippen LogP contribution in [0.1, 0.15) is 16.7 Å². The molecule has 4 aromatic rings. The van der Waals surface area contributed by atoms with Gasteiger partial charge in [-0.25, -0.2) is 4.99 Å². The molecule has 2 heterocycles. The van der Waals surface area contributed by atoms with Crippen LogP contribution in [0, 0.1) is 0 Å². The Morgan fingerprint density at radius 2 is 1.11 bits per heavy atom. The summed E-state index contributed by atoms with van der Waals surface area (Å²) in [4.78, 5) is 10.5. The van der Waals surface area contributed by atoms with E-state index in [-0.39, 0.29) is 6.17 Å². The van der Waals surface area contributed by atoms with Crippen molar-refractivity contribution in [1.29, 1.82) is 0 Å². The molecule has 4 heteroatoms. The fraction of sp³-hybridized carbons (Fsp3) is 0.194. The molecule has 0 spiro atoms. The van der Waals surface area contributed by atoms with Gasteiger partial charge in [-0.2, -0.15) is 0 Å². The molecule has 0 N–H and O–H groups in total. The number of aliphatic imine (C=N–C) groups is 1. The number of nitrogens with zero attached hydrogens (tertiary/aromatic N) is 3. The average molecular weight is 460 g/mol. The van der Waals surface area contributed by atoms with Gasteiger partial charge in [-0.1, -0.05) is 109 Å². The molecule has 174 valence electrons. The highest BCUT2D eigenvalue weighted by Crippen LogP contribution is 2.49. The maximum atomic E-state index is 5.76. The molecule has 1 fully saturated rings. The van der Waals surface area contributed by atoms with E-state index in [4.69, 9.17) is 9.73 Å². The van der Waals surface area contributed by atoms with E-state index in [0.29, 0.717) is 0 Å². The van der Waals surface area contributed by atoms with Crippen molar-refractivity contribution in [2.45, 2.75) is 11.7 Å². The first-order chi connectivity index (χ1) is 17.4. The predicted molar refractivity (Wildman–Crippen MR) is 142 cm³/mol. The standard InChI is InChI=1S/C31H29N3O/c1-5-13-25(14-6-1)29-32-30(33-21-23-35-24-22-33)31(26-15-7-2-8-16-26,27-17-9-3-10-18-27)34(29)28-19-11-4-12-20-28/h1-20,30H,21-24H2. The number of rotatable bonds is 5. The highest BCUT2D eigenvalue weighted by molar-refractivity contribution is 6.13. The second-order valence-electron chi connectivity index (χ2n) is 9.01. The summed E-state index contributed by atoms with van der Waals surface area (Å²) in [6, 6.07) is 43.0. The van der Waals surface area contributed by atoms with Gasteiger partial charge in [-0.05, 0) is 23.3 Å². The van der Waals surface area contributed by atoms with E-state index in [1.54, 1.807) is 0 Å². The van der Waals surface area contributed by atoms with Gasteiger partial charge >= 0.3 is 0 Å². The predicted octanol–water partition coefficient (Wildman–Crippen LogP) is 5.56. The molecule has 4 aromatic carbocycles. The van der Waals surface area contributed by atoms with Crippen molar-refractivity contribution in [2.75, 3.05) is 31.2 Å². The first kappa shape index (κ1) is 21.8. The van der Waals surface area contributed by atoms with E-state index in [1.165, 1.54) is 11.1 Å². The molecule has 6 rings (SSSR count). The molecule has 4 nitrogen and oxygen atoms in total. The molecule has 0 aromatic heterocycles. The van der Waals surface area contributed by atoms with Gasteiger partial charge in [0.1, 0.15) is 17.5 Å².